The van der Waals surface area contributed by atoms with Crippen LogP contribution in [0, 0.1) is 6.92 Å². The van der Waals surface area contributed by atoms with Gasteiger partial charge in [-0.3, -0.25) is 24.2 Å². The van der Waals surface area contributed by atoms with Crippen molar-refractivity contribution in [3.63, 3.8) is 0 Å². The number of hydrogen-bond donors (Lipinski definition) is 1. The Morgan fingerprint density at radius 2 is 1.75 bits per heavy atom. The Kier molecular flexibility index (Phi) is 5.52. The second kappa shape index (κ2) is 8.30. The van der Waals surface area contributed by atoms with Gasteiger partial charge in [-0.2, -0.15) is 0 Å². The van der Waals surface area contributed by atoms with Crippen LogP contribution in [0.2, 0.25) is 0 Å². The average molecular weight is 432 g/mol. The number of anilines is 2. The first kappa shape index (κ1) is 21.3. The Morgan fingerprint density at radius 1 is 1.00 bits per heavy atom. The van der Waals surface area contributed by atoms with E-state index in [0.717, 1.165) is 5.39 Å². The van der Waals surface area contributed by atoms with E-state index in [9.17, 15) is 19.2 Å². The van der Waals surface area contributed by atoms with Gasteiger partial charge >= 0.3 is 6.03 Å². The summed E-state index contributed by atoms with van der Waals surface area (Å²) in [5, 5.41) is 4.25. The lowest BCUT2D eigenvalue weighted by Crippen LogP contribution is -2.35. The number of amides is 4. The van der Waals surface area contributed by atoms with E-state index in [2.05, 4.69) is 5.32 Å². The number of nitrogens with one attached hydrogen (secondary N) is 1. The Hall–Kier alpha value is -3.94. The summed E-state index contributed by atoms with van der Waals surface area (Å²) in [5.41, 5.74) is 1.65. The van der Waals surface area contributed by atoms with Gasteiger partial charge in [-0.1, -0.05) is 24.3 Å². The molecule has 2 aromatic carbocycles. The van der Waals surface area contributed by atoms with Crippen molar-refractivity contribution >= 4 is 40.0 Å². The summed E-state index contributed by atoms with van der Waals surface area (Å²) < 4.78 is 1.41. The smallest absolute Gasteiger partial charge is 0.324 e. The number of benzene rings is 2. The molecule has 1 fully saturated rings. The summed E-state index contributed by atoms with van der Waals surface area (Å²) in [6.45, 7) is 5.55. The zero-order valence-electron chi connectivity index (χ0n) is 18.2. The molecular weight excluding hydrogens is 408 g/mol. The van der Waals surface area contributed by atoms with Gasteiger partial charge in [0.1, 0.15) is 6.04 Å². The van der Waals surface area contributed by atoms with Gasteiger partial charge in [-0.25, -0.2) is 4.79 Å². The van der Waals surface area contributed by atoms with Crippen LogP contribution >= 0.6 is 0 Å². The molecule has 0 spiro atoms. The molecule has 4 amide bonds. The predicted octanol–water partition coefficient (Wildman–Crippen LogP) is 3.30. The van der Waals surface area contributed by atoms with Crippen molar-refractivity contribution in [2.75, 3.05) is 23.3 Å². The molecule has 1 aromatic heterocycles. The molecule has 0 unspecified atom stereocenters. The quantitative estimate of drug-likeness (QED) is 0.685. The maximum atomic E-state index is 13.0. The number of carbonyl (C=O) groups is 3. The molecule has 3 aromatic rings. The van der Waals surface area contributed by atoms with Crippen LogP contribution in [0.3, 0.4) is 0 Å². The molecule has 0 radical (unpaired) electrons. The average Bonchev–Trinajstić information content (AvgIpc) is 3.16. The standard InChI is InChI=1S/C24H24N4O4/c1-15-20(9-6-10-21(15)28-14-13-27(17(3)29)24(28)32)25-22(30)16(2)26-12-11-18-7-4-5-8-19(18)23(26)31/h4-12,16H,13-14H2,1-3H3,(H,25,30)/t16-/m0/s1. The highest BCUT2D eigenvalue weighted by Crippen LogP contribution is 2.30. The van der Waals surface area contributed by atoms with Crippen LogP contribution in [0.1, 0.15) is 25.5 Å². The van der Waals surface area contributed by atoms with Gasteiger partial charge in [0.05, 0.1) is 5.69 Å². The highest BCUT2D eigenvalue weighted by Gasteiger charge is 2.33. The molecule has 32 heavy (non-hydrogen) atoms. The van der Waals surface area contributed by atoms with Crippen LogP contribution in [0.5, 0.6) is 0 Å². The highest BCUT2D eigenvalue weighted by molar-refractivity contribution is 6.05. The van der Waals surface area contributed by atoms with Crippen molar-refractivity contribution in [3.8, 4) is 0 Å². The number of nitrogens with zero attached hydrogens (tertiary/aromatic N) is 3. The number of hydrogen-bond acceptors (Lipinski definition) is 4. The lowest BCUT2D eigenvalue weighted by Gasteiger charge is -2.22. The Bertz CT molecular complexity index is 1300. The number of rotatable bonds is 4. The first-order chi connectivity index (χ1) is 15.3. The molecule has 8 nitrogen and oxygen atoms in total. The highest BCUT2D eigenvalue weighted by atomic mass is 16.2. The monoisotopic (exact) mass is 432 g/mol. The van der Waals surface area contributed by atoms with E-state index in [0.29, 0.717) is 35.4 Å². The van der Waals surface area contributed by atoms with Crippen LogP contribution in [0.15, 0.2) is 59.5 Å². The topological polar surface area (TPSA) is 91.7 Å². The zero-order valence-corrected chi connectivity index (χ0v) is 18.2. The molecule has 0 aliphatic carbocycles. The summed E-state index contributed by atoms with van der Waals surface area (Å²) in [5.74, 6) is -0.644. The molecular formula is C24H24N4O4. The van der Waals surface area contributed by atoms with Gasteiger partial charge < -0.3 is 9.88 Å². The van der Waals surface area contributed by atoms with E-state index in [1.165, 1.54) is 21.3 Å². The minimum Gasteiger partial charge on any atom is -0.324 e. The zero-order chi connectivity index (χ0) is 23.0. The van der Waals surface area contributed by atoms with Gasteiger partial charge in [0.25, 0.3) is 5.56 Å². The fraction of sp³-hybridized carbons (Fsp3) is 0.250. The summed E-state index contributed by atoms with van der Waals surface area (Å²) in [4.78, 5) is 52.8. The summed E-state index contributed by atoms with van der Waals surface area (Å²) >= 11 is 0. The third kappa shape index (κ3) is 3.64. The summed E-state index contributed by atoms with van der Waals surface area (Å²) in [7, 11) is 0. The molecule has 0 saturated carbocycles. The Morgan fingerprint density at radius 3 is 2.47 bits per heavy atom. The van der Waals surface area contributed by atoms with Gasteiger partial charge in [-0.15, -0.1) is 0 Å². The van der Waals surface area contributed by atoms with Crippen LogP contribution in [0.4, 0.5) is 16.2 Å². The van der Waals surface area contributed by atoms with Crippen molar-refractivity contribution in [3.05, 3.63) is 70.6 Å². The lowest BCUT2D eigenvalue weighted by atomic mass is 10.1. The lowest BCUT2D eigenvalue weighted by molar-refractivity contribution is -0.125. The second-order valence-corrected chi connectivity index (χ2v) is 7.84. The molecule has 164 valence electrons. The van der Waals surface area contributed by atoms with Crippen molar-refractivity contribution in [1.29, 1.82) is 0 Å². The maximum absolute atomic E-state index is 13.0. The molecule has 1 atom stereocenters. The van der Waals surface area contributed by atoms with Gasteiger partial charge in [0, 0.05) is 37.3 Å². The fourth-order valence-corrected chi connectivity index (χ4v) is 3.98. The fourth-order valence-electron chi connectivity index (χ4n) is 3.98. The molecule has 1 N–H and O–H groups in total. The Balaban J connectivity index is 1.59. The first-order valence-electron chi connectivity index (χ1n) is 10.4. The predicted molar refractivity (Wildman–Crippen MR) is 123 cm³/mol. The van der Waals surface area contributed by atoms with E-state index in [1.54, 1.807) is 43.5 Å². The molecule has 1 saturated heterocycles. The second-order valence-electron chi connectivity index (χ2n) is 7.84. The number of pyridine rings is 1. The number of imide groups is 1. The SMILES string of the molecule is CC(=O)N1CCN(c2cccc(NC(=O)[C@H](C)n3ccc4ccccc4c3=O)c2C)C1=O. The van der Waals surface area contributed by atoms with Gasteiger partial charge in [0.15, 0.2) is 0 Å². The third-order valence-electron chi connectivity index (χ3n) is 5.88. The number of fused-ring (bicyclic) bond motifs is 1. The van der Waals surface area contributed by atoms with Crippen molar-refractivity contribution in [1.82, 2.24) is 9.47 Å². The van der Waals surface area contributed by atoms with Crippen molar-refractivity contribution < 1.29 is 14.4 Å². The van der Waals surface area contributed by atoms with Crippen LogP contribution in [-0.4, -0.2) is 40.4 Å². The van der Waals surface area contributed by atoms with Gasteiger partial charge in [0.2, 0.25) is 11.8 Å². The molecule has 4 rings (SSSR count). The summed E-state index contributed by atoms with van der Waals surface area (Å²) in [6.07, 6.45) is 1.62. The summed E-state index contributed by atoms with van der Waals surface area (Å²) in [6, 6.07) is 13.2. The number of carbonyl (C=O) groups excluding carboxylic acids is 3. The number of aromatic nitrogens is 1. The first-order valence-corrected chi connectivity index (χ1v) is 10.4. The van der Waals surface area contributed by atoms with E-state index >= 15 is 0 Å². The van der Waals surface area contributed by atoms with E-state index in [-0.39, 0.29) is 23.4 Å². The normalized spacial score (nSPS) is 14.7. The molecule has 1 aliphatic heterocycles. The van der Waals surface area contributed by atoms with E-state index in [4.69, 9.17) is 0 Å². The largest absolute Gasteiger partial charge is 0.331 e. The van der Waals surface area contributed by atoms with E-state index in [1.807, 2.05) is 25.1 Å². The minimum atomic E-state index is -0.739. The van der Waals surface area contributed by atoms with Crippen LogP contribution in [-0.2, 0) is 9.59 Å². The molecule has 2 heterocycles. The maximum Gasteiger partial charge on any atom is 0.331 e. The van der Waals surface area contributed by atoms with Crippen molar-refractivity contribution in [2.45, 2.75) is 26.8 Å². The minimum absolute atomic E-state index is 0.233. The molecule has 0 bridgehead atoms. The molecule has 8 heteroatoms. The van der Waals surface area contributed by atoms with Crippen molar-refractivity contribution in [2.24, 2.45) is 0 Å². The third-order valence-corrected chi connectivity index (χ3v) is 5.88. The number of urea groups is 1. The Labute approximate surface area is 185 Å². The van der Waals surface area contributed by atoms with Crippen LogP contribution < -0.4 is 15.8 Å². The van der Waals surface area contributed by atoms with Gasteiger partial charge in [-0.05, 0) is 49.1 Å². The van der Waals surface area contributed by atoms with E-state index < -0.39 is 6.04 Å². The molecule has 1 aliphatic rings. The van der Waals surface area contributed by atoms with Crippen LogP contribution in [0.25, 0.3) is 10.8 Å².